The molecule has 41 heavy (non-hydrogen) atoms. The second-order valence-corrected chi connectivity index (χ2v) is 12.0. The number of carbonyl (C=O) groups excluding carboxylic acids is 2. The Hall–Kier alpha value is -3.89. The molecule has 2 aliphatic heterocycles. The van der Waals surface area contributed by atoms with Gasteiger partial charge in [0.15, 0.2) is 5.82 Å². The summed E-state index contributed by atoms with van der Waals surface area (Å²) in [5.41, 5.74) is 3.92. The molecule has 0 bridgehead atoms. The number of hydrogen-bond donors (Lipinski definition) is 4. The van der Waals surface area contributed by atoms with Gasteiger partial charge in [-0.1, -0.05) is 36.4 Å². The Bertz CT molecular complexity index is 1360. The number of anilines is 3. The third kappa shape index (κ3) is 6.39. The van der Waals surface area contributed by atoms with Gasteiger partial charge in [-0.05, 0) is 84.7 Å². The molecule has 2 aromatic carbocycles. The molecule has 1 atom stereocenters. The van der Waals surface area contributed by atoms with E-state index in [0.29, 0.717) is 18.9 Å². The van der Waals surface area contributed by atoms with Crippen LogP contribution in [0.25, 0.3) is 0 Å². The van der Waals surface area contributed by atoms with E-state index in [4.69, 9.17) is 0 Å². The molecule has 4 N–H and O–H groups in total. The van der Waals surface area contributed by atoms with Crippen LogP contribution < -0.4 is 16.0 Å². The lowest BCUT2D eigenvalue weighted by atomic mass is 9.96. The molecule has 0 saturated carbocycles. The van der Waals surface area contributed by atoms with Gasteiger partial charge < -0.3 is 30.7 Å². The van der Waals surface area contributed by atoms with E-state index in [2.05, 4.69) is 43.0 Å². The number of aromatic nitrogens is 2. The van der Waals surface area contributed by atoms with E-state index in [1.54, 1.807) is 0 Å². The molecule has 2 aliphatic rings. The van der Waals surface area contributed by atoms with Crippen LogP contribution in [-0.2, 0) is 16.9 Å². The van der Waals surface area contributed by atoms with Crippen LogP contribution in [0.5, 0.6) is 0 Å². The Kier molecular flexibility index (Phi) is 8.32. The topological polar surface area (TPSA) is 109 Å². The summed E-state index contributed by atoms with van der Waals surface area (Å²) >= 11 is 0. The fourth-order valence-electron chi connectivity index (χ4n) is 5.78. The standard InChI is InChI=1S/C31H42N8O2/c1-31(2)27-25(19-39(31)30(41)34-26(20-37(3)4)21-10-7-6-8-11-21)28(36-35-27)32-23-12-9-13-24(18-23)33-29(40)22-14-16-38(5)17-15-22/h6-13,18,22,26H,14-17,19-20H2,1-5H3,(H,33,40)(H,34,41)(H2,32,35,36). The van der Waals surface area contributed by atoms with Crippen molar-refractivity contribution in [3.05, 3.63) is 71.4 Å². The smallest absolute Gasteiger partial charge is 0.319 e. The van der Waals surface area contributed by atoms with E-state index in [0.717, 1.165) is 54.1 Å². The zero-order chi connectivity index (χ0) is 29.1. The van der Waals surface area contributed by atoms with Crippen LogP contribution >= 0.6 is 0 Å². The van der Waals surface area contributed by atoms with Gasteiger partial charge in [-0.25, -0.2) is 4.79 Å². The summed E-state index contributed by atoms with van der Waals surface area (Å²) in [6, 6.07) is 17.5. The van der Waals surface area contributed by atoms with Gasteiger partial charge in [0.25, 0.3) is 0 Å². The summed E-state index contributed by atoms with van der Waals surface area (Å²) in [7, 11) is 6.10. The summed E-state index contributed by atoms with van der Waals surface area (Å²) < 4.78 is 0. The van der Waals surface area contributed by atoms with Gasteiger partial charge in [0, 0.05) is 29.4 Å². The summed E-state index contributed by atoms with van der Waals surface area (Å²) in [5, 5.41) is 17.5. The fourth-order valence-corrected chi connectivity index (χ4v) is 5.78. The summed E-state index contributed by atoms with van der Waals surface area (Å²) in [5.74, 6) is 0.786. The number of H-pyrrole nitrogens is 1. The second kappa shape index (κ2) is 11.9. The largest absolute Gasteiger partial charge is 0.338 e. The van der Waals surface area contributed by atoms with Crippen molar-refractivity contribution >= 4 is 29.1 Å². The monoisotopic (exact) mass is 558 g/mol. The van der Waals surface area contributed by atoms with Crippen molar-refractivity contribution in [2.75, 3.05) is 51.4 Å². The third-order valence-corrected chi connectivity index (χ3v) is 8.24. The van der Waals surface area contributed by atoms with Gasteiger partial charge in [0.05, 0.1) is 23.8 Å². The Morgan fingerprint density at radius 1 is 1.07 bits per heavy atom. The average Bonchev–Trinajstić information content (AvgIpc) is 3.46. The van der Waals surface area contributed by atoms with Gasteiger partial charge in [0.2, 0.25) is 5.91 Å². The van der Waals surface area contributed by atoms with E-state index in [-0.39, 0.29) is 23.9 Å². The third-order valence-electron chi connectivity index (χ3n) is 8.24. The average molecular weight is 559 g/mol. The van der Waals surface area contributed by atoms with Crippen LogP contribution in [0.2, 0.25) is 0 Å². The van der Waals surface area contributed by atoms with Crippen molar-refractivity contribution < 1.29 is 9.59 Å². The van der Waals surface area contributed by atoms with E-state index >= 15 is 0 Å². The predicted molar refractivity (Wildman–Crippen MR) is 162 cm³/mol. The molecule has 1 saturated heterocycles. The Morgan fingerprint density at radius 2 is 1.78 bits per heavy atom. The highest BCUT2D eigenvalue weighted by Gasteiger charge is 2.44. The lowest BCUT2D eigenvalue weighted by Gasteiger charge is -2.34. The van der Waals surface area contributed by atoms with Crippen molar-refractivity contribution in [3.8, 4) is 0 Å². The van der Waals surface area contributed by atoms with E-state index in [1.165, 1.54) is 0 Å². The van der Waals surface area contributed by atoms with Crippen LogP contribution in [0.4, 0.5) is 22.0 Å². The molecule has 0 spiro atoms. The molecule has 5 rings (SSSR count). The number of piperidine rings is 1. The number of aromatic amines is 1. The summed E-state index contributed by atoms with van der Waals surface area (Å²) in [6.45, 7) is 7.05. The Morgan fingerprint density at radius 3 is 2.49 bits per heavy atom. The number of urea groups is 1. The lowest BCUT2D eigenvalue weighted by molar-refractivity contribution is -0.121. The number of benzene rings is 2. The molecule has 3 heterocycles. The van der Waals surface area contributed by atoms with Crippen LogP contribution in [-0.4, -0.2) is 77.6 Å². The minimum Gasteiger partial charge on any atom is -0.338 e. The van der Waals surface area contributed by atoms with Gasteiger partial charge in [-0.15, -0.1) is 0 Å². The first kappa shape index (κ1) is 28.6. The lowest BCUT2D eigenvalue weighted by Crippen LogP contribution is -2.48. The Balaban J connectivity index is 1.27. The highest BCUT2D eigenvalue weighted by atomic mass is 16.2. The highest BCUT2D eigenvalue weighted by Crippen LogP contribution is 2.41. The van der Waals surface area contributed by atoms with Crippen molar-refractivity contribution in [1.82, 2.24) is 30.2 Å². The first-order valence-corrected chi connectivity index (χ1v) is 14.3. The number of likely N-dealkylation sites (tertiary alicyclic amines) is 1. The van der Waals surface area contributed by atoms with Crippen LogP contribution in [0, 0.1) is 5.92 Å². The predicted octanol–water partition coefficient (Wildman–Crippen LogP) is 4.50. The maximum absolute atomic E-state index is 13.7. The zero-order valence-corrected chi connectivity index (χ0v) is 24.7. The van der Waals surface area contributed by atoms with Gasteiger partial charge in [0.1, 0.15) is 0 Å². The number of amides is 3. The Labute approximate surface area is 242 Å². The van der Waals surface area contributed by atoms with Crippen molar-refractivity contribution in [2.45, 2.75) is 44.8 Å². The second-order valence-electron chi connectivity index (χ2n) is 12.0. The van der Waals surface area contributed by atoms with Crippen LogP contribution in [0.3, 0.4) is 0 Å². The molecule has 3 aromatic rings. The number of nitrogens with zero attached hydrogens (tertiary/aromatic N) is 4. The summed E-state index contributed by atoms with van der Waals surface area (Å²) in [6.07, 6.45) is 1.75. The van der Waals surface area contributed by atoms with Crippen molar-refractivity contribution in [3.63, 3.8) is 0 Å². The quantitative estimate of drug-likeness (QED) is 0.324. The SMILES string of the molecule is CN(C)CC(NC(=O)N1Cc2c(Nc3cccc(NC(=O)C4CCN(C)CC4)c3)n[nH]c2C1(C)C)c1ccccc1. The van der Waals surface area contributed by atoms with Crippen molar-refractivity contribution in [1.29, 1.82) is 0 Å². The molecule has 0 aliphatic carbocycles. The number of rotatable bonds is 8. The molecule has 1 aromatic heterocycles. The molecule has 1 unspecified atom stereocenters. The van der Waals surface area contributed by atoms with Crippen molar-refractivity contribution in [2.24, 2.45) is 5.92 Å². The highest BCUT2D eigenvalue weighted by molar-refractivity contribution is 5.93. The molecule has 10 nitrogen and oxygen atoms in total. The summed E-state index contributed by atoms with van der Waals surface area (Å²) in [4.78, 5) is 32.7. The van der Waals surface area contributed by atoms with Crippen LogP contribution in [0.15, 0.2) is 54.6 Å². The maximum Gasteiger partial charge on any atom is 0.319 e. The maximum atomic E-state index is 13.7. The van der Waals surface area contributed by atoms with E-state index in [1.807, 2.05) is 87.4 Å². The number of nitrogens with one attached hydrogen (secondary N) is 4. The van der Waals surface area contributed by atoms with Crippen LogP contribution in [0.1, 0.15) is 49.6 Å². The molecule has 3 amide bonds. The fraction of sp³-hybridized carbons (Fsp3) is 0.452. The number of likely N-dealkylation sites (N-methyl/N-ethyl adjacent to an activating group) is 1. The molecule has 10 heteroatoms. The van der Waals surface area contributed by atoms with Gasteiger partial charge >= 0.3 is 6.03 Å². The van der Waals surface area contributed by atoms with Gasteiger partial charge in [-0.2, -0.15) is 5.10 Å². The molecular weight excluding hydrogens is 516 g/mol. The number of fused-ring (bicyclic) bond motifs is 1. The number of hydrogen-bond acceptors (Lipinski definition) is 6. The normalized spacial score (nSPS) is 17.8. The molecule has 218 valence electrons. The van der Waals surface area contributed by atoms with E-state index < -0.39 is 5.54 Å². The van der Waals surface area contributed by atoms with Gasteiger partial charge in [-0.3, -0.25) is 9.89 Å². The minimum atomic E-state index is -0.574. The first-order chi connectivity index (χ1) is 19.6. The molecular formula is C31H42N8O2. The minimum absolute atomic E-state index is 0.0380. The first-order valence-electron chi connectivity index (χ1n) is 14.3. The molecule has 1 fully saturated rings. The van der Waals surface area contributed by atoms with E-state index in [9.17, 15) is 9.59 Å². The molecule has 0 radical (unpaired) electrons. The number of carbonyl (C=O) groups is 2. The zero-order valence-electron chi connectivity index (χ0n) is 24.7.